The maximum atomic E-state index is 12.6. The van der Waals surface area contributed by atoms with Crippen molar-refractivity contribution >= 4 is 11.8 Å². The number of hydrogen-bond donors (Lipinski definition) is 0. The van der Waals surface area contributed by atoms with E-state index >= 15 is 0 Å². The summed E-state index contributed by atoms with van der Waals surface area (Å²) in [6.07, 6.45) is 2.01. The van der Waals surface area contributed by atoms with E-state index in [0.29, 0.717) is 44.6 Å². The van der Waals surface area contributed by atoms with E-state index < -0.39 is 0 Å². The molecular weight excluding hydrogens is 340 g/mol. The molecule has 1 aliphatic rings. The third kappa shape index (κ3) is 5.09. The van der Waals surface area contributed by atoms with Gasteiger partial charge in [0.1, 0.15) is 5.75 Å². The lowest BCUT2D eigenvalue weighted by molar-refractivity contribution is -0.131. The molecule has 0 aliphatic carbocycles. The van der Waals surface area contributed by atoms with E-state index in [1.807, 2.05) is 64.4 Å². The van der Waals surface area contributed by atoms with Gasteiger partial charge in [-0.15, -0.1) is 0 Å². The molecule has 27 heavy (non-hydrogen) atoms. The lowest BCUT2D eigenvalue weighted by atomic mass is 10.1. The molecule has 0 unspecified atom stereocenters. The topological polar surface area (TPSA) is 49.9 Å². The molecule has 0 atom stereocenters. The third-order valence-corrected chi connectivity index (χ3v) is 4.94. The molecule has 0 spiro atoms. The molecule has 5 nitrogen and oxygen atoms in total. The molecule has 1 heterocycles. The van der Waals surface area contributed by atoms with Crippen molar-refractivity contribution in [1.82, 2.24) is 9.80 Å². The number of ether oxygens (including phenoxy) is 1. The van der Waals surface area contributed by atoms with Gasteiger partial charge in [-0.1, -0.05) is 30.3 Å². The van der Waals surface area contributed by atoms with Gasteiger partial charge in [0.2, 0.25) is 5.91 Å². The van der Waals surface area contributed by atoms with Crippen LogP contribution in [0.2, 0.25) is 0 Å². The molecule has 2 aromatic carbocycles. The zero-order chi connectivity index (χ0) is 19.1. The highest BCUT2D eigenvalue weighted by Gasteiger charge is 2.22. The van der Waals surface area contributed by atoms with Gasteiger partial charge >= 0.3 is 0 Å². The van der Waals surface area contributed by atoms with Crippen LogP contribution in [0.4, 0.5) is 0 Å². The first-order valence-corrected chi connectivity index (χ1v) is 9.42. The second-order valence-corrected chi connectivity index (χ2v) is 6.74. The first-order chi connectivity index (χ1) is 13.2. The lowest BCUT2D eigenvalue weighted by Gasteiger charge is -2.22. The van der Waals surface area contributed by atoms with Gasteiger partial charge in [0.05, 0.1) is 7.11 Å². The second-order valence-electron chi connectivity index (χ2n) is 6.74. The molecule has 0 N–H and O–H groups in total. The number of rotatable bonds is 5. The minimum Gasteiger partial charge on any atom is -0.497 e. The van der Waals surface area contributed by atoms with Crippen LogP contribution in [0.1, 0.15) is 28.8 Å². The molecule has 142 valence electrons. The van der Waals surface area contributed by atoms with Crippen LogP contribution in [0.25, 0.3) is 0 Å². The summed E-state index contributed by atoms with van der Waals surface area (Å²) >= 11 is 0. The monoisotopic (exact) mass is 366 g/mol. The molecule has 1 fully saturated rings. The largest absolute Gasteiger partial charge is 0.497 e. The van der Waals surface area contributed by atoms with Crippen LogP contribution in [0.15, 0.2) is 54.6 Å². The molecule has 5 heteroatoms. The molecule has 1 aliphatic heterocycles. The first-order valence-electron chi connectivity index (χ1n) is 9.42. The first kappa shape index (κ1) is 19.0. The van der Waals surface area contributed by atoms with Crippen LogP contribution in [-0.4, -0.2) is 54.9 Å². The van der Waals surface area contributed by atoms with Crippen LogP contribution in [0.5, 0.6) is 5.75 Å². The summed E-state index contributed by atoms with van der Waals surface area (Å²) in [7, 11) is 1.64. The predicted molar refractivity (Wildman–Crippen MR) is 105 cm³/mol. The van der Waals surface area contributed by atoms with Gasteiger partial charge in [-0.25, -0.2) is 0 Å². The van der Waals surface area contributed by atoms with E-state index in [1.165, 1.54) is 0 Å². The summed E-state index contributed by atoms with van der Waals surface area (Å²) in [4.78, 5) is 28.9. The quantitative estimate of drug-likeness (QED) is 0.817. The maximum Gasteiger partial charge on any atom is 0.253 e. The van der Waals surface area contributed by atoms with Crippen LogP contribution in [-0.2, 0) is 11.2 Å². The predicted octanol–water partition coefficient (Wildman–Crippen LogP) is 3.00. The Hall–Kier alpha value is -2.82. The molecule has 2 amide bonds. The fourth-order valence-electron chi connectivity index (χ4n) is 3.33. The summed E-state index contributed by atoms with van der Waals surface area (Å²) in [5, 5.41) is 0. The SMILES string of the molecule is COc1ccc(CCC(=O)N2CCCN(C(=O)c3ccccc3)CC2)cc1. The van der Waals surface area contributed by atoms with Crippen LogP contribution < -0.4 is 4.74 Å². The van der Waals surface area contributed by atoms with Gasteiger partial charge in [-0.3, -0.25) is 9.59 Å². The average molecular weight is 366 g/mol. The number of benzene rings is 2. The molecule has 3 rings (SSSR count). The Bertz CT molecular complexity index is 759. The highest BCUT2D eigenvalue weighted by molar-refractivity contribution is 5.94. The molecule has 0 radical (unpaired) electrons. The van der Waals surface area contributed by atoms with Gasteiger partial charge in [0.25, 0.3) is 5.91 Å². The van der Waals surface area contributed by atoms with Crippen molar-refractivity contribution in [2.75, 3.05) is 33.3 Å². The number of amides is 2. The van der Waals surface area contributed by atoms with Crippen LogP contribution in [0, 0.1) is 0 Å². The van der Waals surface area contributed by atoms with Gasteiger partial charge < -0.3 is 14.5 Å². The number of nitrogens with zero attached hydrogens (tertiary/aromatic N) is 2. The van der Waals surface area contributed by atoms with Crippen molar-refractivity contribution in [3.8, 4) is 5.75 Å². The van der Waals surface area contributed by atoms with Crippen molar-refractivity contribution in [3.63, 3.8) is 0 Å². The van der Waals surface area contributed by atoms with E-state index in [-0.39, 0.29) is 11.8 Å². The van der Waals surface area contributed by atoms with Crippen molar-refractivity contribution in [3.05, 3.63) is 65.7 Å². The number of hydrogen-bond acceptors (Lipinski definition) is 3. The van der Waals surface area contributed by atoms with E-state index in [0.717, 1.165) is 17.7 Å². The summed E-state index contributed by atoms with van der Waals surface area (Å²) in [6, 6.07) is 17.2. The molecule has 0 aromatic heterocycles. The summed E-state index contributed by atoms with van der Waals surface area (Å²) in [5.74, 6) is 1.02. The highest BCUT2D eigenvalue weighted by atomic mass is 16.5. The fraction of sp³-hybridized carbons (Fsp3) is 0.364. The summed E-state index contributed by atoms with van der Waals surface area (Å²) < 4.78 is 5.16. The van der Waals surface area contributed by atoms with Gasteiger partial charge in [0, 0.05) is 38.2 Å². The number of carbonyl (C=O) groups is 2. The Labute approximate surface area is 160 Å². The number of methoxy groups -OCH3 is 1. The Balaban J connectivity index is 1.51. The van der Waals surface area contributed by atoms with E-state index in [9.17, 15) is 9.59 Å². The van der Waals surface area contributed by atoms with E-state index in [4.69, 9.17) is 4.74 Å². The average Bonchev–Trinajstić information content (AvgIpc) is 2.99. The van der Waals surface area contributed by atoms with Crippen LogP contribution in [0.3, 0.4) is 0 Å². The van der Waals surface area contributed by atoms with E-state index in [1.54, 1.807) is 7.11 Å². The fourth-order valence-corrected chi connectivity index (χ4v) is 3.33. The van der Waals surface area contributed by atoms with E-state index in [2.05, 4.69) is 0 Å². The van der Waals surface area contributed by atoms with Gasteiger partial charge in [0.15, 0.2) is 0 Å². The van der Waals surface area contributed by atoms with Crippen molar-refractivity contribution < 1.29 is 14.3 Å². The lowest BCUT2D eigenvalue weighted by Crippen LogP contribution is -2.37. The molecule has 1 saturated heterocycles. The van der Waals surface area contributed by atoms with Gasteiger partial charge in [-0.2, -0.15) is 0 Å². The summed E-state index contributed by atoms with van der Waals surface area (Å²) in [6.45, 7) is 2.58. The standard InChI is InChI=1S/C22H26N2O3/c1-27-20-11-8-18(9-12-20)10-13-21(25)23-14-5-15-24(17-16-23)22(26)19-6-3-2-4-7-19/h2-4,6-9,11-12H,5,10,13-17H2,1H3. The second kappa shape index (κ2) is 9.21. The Morgan fingerprint density at radius 2 is 1.56 bits per heavy atom. The molecular formula is C22H26N2O3. The minimum absolute atomic E-state index is 0.0446. The molecule has 0 bridgehead atoms. The Morgan fingerprint density at radius 3 is 2.26 bits per heavy atom. The Kier molecular flexibility index (Phi) is 6.47. The number of carbonyl (C=O) groups excluding carboxylic acids is 2. The van der Waals surface area contributed by atoms with Gasteiger partial charge in [-0.05, 0) is 42.7 Å². The minimum atomic E-state index is 0.0446. The van der Waals surface area contributed by atoms with Crippen LogP contribution >= 0.6 is 0 Å². The smallest absolute Gasteiger partial charge is 0.253 e. The zero-order valence-corrected chi connectivity index (χ0v) is 15.8. The van der Waals surface area contributed by atoms with Crippen molar-refractivity contribution in [1.29, 1.82) is 0 Å². The Morgan fingerprint density at radius 1 is 0.889 bits per heavy atom. The third-order valence-electron chi connectivity index (χ3n) is 4.94. The van der Waals surface area contributed by atoms with Crippen molar-refractivity contribution in [2.45, 2.75) is 19.3 Å². The molecule has 2 aromatic rings. The maximum absolute atomic E-state index is 12.6. The number of aryl methyl sites for hydroxylation is 1. The molecule has 0 saturated carbocycles. The summed E-state index contributed by atoms with van der Waals surface area (Å²) in [5.41, 5.74) is 1.83. The normalized spacial score (nSPS) is 14.6. The highest BCUT2D eigenvalue weighted by Crippen LogP contribution is 2.14. The van der Waals surface area contributed by atoms with Crippen molar-refractivity contribution in [2.24, 2.45) is 0 Å². The zero-order valence-electron chi connectivity index (χ0n) is 15.8.